The minimum atomic E-state index is -1.52. The molecule has 2 aliphatic heterocycles. The van der Waals surface area contributed by atoms with Gasteiger partial charge in [0.1, 0.15) is 24.4 Å². The second-order valence-corrected chi connectivity index (χ2v) is 11.4. The zero-order chi connectivity index (χ0) is 30.4. The summed E-state index contributed by atoms with van der Waals surface area (Å²) in [4.78, 5) is 0. The van der Waals surface area contributed by atoms with E-state index in [1.54, 1.807) is 0 Å². The average molecular weight is 599 g/mol. The molecule has 3 fully saturated rings. The summed E-state index contributed by atoms with van der Waals surface area (Å²) in [6.45, 7) is -1.20. The summed E-state index contributed by atoms with van der Waals surface area (Å²) < 4.78 is 17.8. The molecule has 3 rings (SSSR count). The van der Waals surface area contributed by atoms with Crippen molar-refractivity contribution in [2.75, 3.05) is 39.5 Å². The fourth-order valence-electron chi connectivity index (χ4n) is 5.91. The molecule has 3 aliphatic rings. The smallest absolute Gasteiger partial charge is 0.186 e. The summed E-state index contributed by atoms with van der Waals surface area (Å²) in [5, 5.41) is 87.3. The van der Waals surface area contributed by atoms with Crippen molar-refractivity contribution >= 4 is 0 Å². The Hall–Kier alpha value is -0.680. The standard InChI is InChI=1S/C24H50N6O11/c25-9(5-31)3-29-4-15-14(35)2-12(27)22(39-15)17-11(26)1-13(30-10(6-32)7-33)23(20(17)37)41-24-21(38)18(28)19(36)16(8-34)40-24/h9-24,29-38H,1-8,25-28H2/t9?,11-,12+,13+,14-,15+,16+,17?,18-,19+,20-,21+,22-,23-,24+/m0/s1. The fraction of sp³-hybridized carbons (Fsp3) is 1.00. The molecule has 15 atom stereocenters. The Bertz CT molecular complexity index is 774. The maximum absolute atomic E-state index is 11.7. The van der Waals surface area contributed by atoms with Crippen molar-refractivity contribution in [3.05, 3.63) is 0 Å². The van der Waals surface area contributed by atoms with E-state index in [1.807, 2.05) is 0 Å². The molecule has 1 saturated carbocycles. The quantitative estimate of drug-likeness (QED) is 0.0935. The van der Waals surface area contributed by atoms with Gasteiger partial charge in [0.05, 0.1) is 62.9 Å². The number of hydrogen-bond donors (Lipinski definition) is 14. The summed E-state index contributed by atoms with van der Waals surface area (Å²) in [6.07, 6.45) is -10.2. The molecule has 0 amide bonds. The van der Waals surface area contributed by atoms with E-state index in [-0.39, 0.29) is 32.5 Å². The van der Waals surface area contributed by atoms with E-state index in [1.165, 1.54) is 0 Å². The Morgan fingerprint density at radius 3 is 2.12 bits per heavy atom. The molecular weight excluding hydrogens is 548 g/mol. The molecule has 17 heteroatoms. The van der Waals surface area contributed by atoms with Gasteiger partial charge in [0.15, 0.2) is 6.29 Å². The lowest BCUT2D eigenvalue weighted by Gasteiger charge is -2.52. The number of hydrogen-bond acceptors (Lipinski definition) is 17. The van der Waals surface area contributed by atoms with Gasteiger partial charge in [-0.25, -0.2) is 0 Å². The SMILES string of the molecule is NC(CO)CNC[C@H]1O[C@H](C2[C@@H](N)C[C@@H](NC(CO)CO)[C@H](O[C@H]3O[C@H](CO)[C@@H](O)[C@H](N)[C@H]3O)[C@H]2O)[C@H](N)C[C@@H]1O. The molecule has 0 aromatic heterocycles. The summed E-state index contributed by atoms with van der Waals surface area (Å²) in [6, 6.07) is -4.67. The van der Waals surface area contributed by atoms with Crippen molar-refractivity contribution < 1.29 is 55.1 Å². The predicted octanol–water partition coefficient (Wildman–Crippen LogP) is -8.09. The van der Waals surface area contributed by atoms with Gasteiger partial charge in [0.25, 0.3) is 0 Å². The van der Waals surface area contributed by atoms with Crippen LogP contribution in [0.25, 0.3) is 0 Å². The van der Waals surface area contributed by atoms with Crippen molar-refractivity contribution in [2.45, 2.75) is 104 Å². The first-order valence-corrected chi connectivity index (χ1v) is 14.1. The molecule has 18 N–H and O–H groups in total. The molecule has 1 aliphatic carbocycles. The normalized spacial score (nSPS) is 44.7. The van der Waals surface area contributed by atoms with Gasteiger partial charge in [0, 0.05) is 43.2 Å². The third-order valence-corrected chi connectivity index (χ3v) is 8.33. The monoisotopic (exact) mass is 598 g/mol. The lowest BCUT2D eigenvalue weighted by atomic mass is 9.72. The highest BCUT2D eigenvalue weighted by molar-refractivity contribution is 5.06. The van der Waals surface area contributed by atoms with Gasteiger partial charge in [-0.3, -0.25) is 0 Å². The summed E-state index contributed by atoms with van der Waals surface area (Å²) in [5.74, 6) is -0.821. The van der Waals surface area contributed by atoms with Gasteiger partial charge in [0.2, 0.25) is 0 Å². The molecule has 41 heavy (non-hydrogen) atoms. The van der Waals surface area contributed by atoms with Gasteiger partial charge in [-0.15, -0.1) is 0 Å². The first-order valence-electron chi connectivity index (χ1n) is 14.1. The molecule has 242 valence electrons. The third-order valence-electron chi connectivity index (χ3n) is 8.33. The fourth-order valence-corrected chi connectivity index (χ4v) is 5.91. The molecule has 0 spiro atoms. The molecule has 2 heterocycles. The minimum absolute atomic E-state index is 0.151. The van der Waals surface area contributed by atoms with E-state index in [0.717, 1.165) is 0 Å². The molecule has 0 radical (unpaired) electrons. The number of nitrogens with two attached hydrogens (primary N) is 4. The van der Waals surface area contributed by atoms with Crippen molar-refractivity contribution in [1.29, 1.82) is 0 Å². The average Bonchev–Trinajstić information content (AvgIpc) is 2.95. The van der Waals surface area contributed by atoms with E-state index in [0.29, 0.717) is 0 Å². The lowest BCUT2D eigenvalue weighted by Crippen LogP contribution is -2.70. The molecule has 2 unspecified atom stereocenters. The Balaban J connectivity index is 1.83. The van der Waals surface area contributed by atoms with Crippen LogP contribution in [-0.2, 0) is 14.2 Å². The van der Waals surface area contributed by atoms with Gasteiger partial charge in [-0.05, 0) is 12.8 Å². The largest absolute Gasteiger partial charge is 0.395 e. The molecule has 17 nitrogen and oxygen atoms in total. The van der Waals surface area contributed by atoms with E-state index in [2.05, 4.69) is 10.6 Å². The highest BCUT2D eigenvalue weighted by Crippen LogP contribution is 2.36. The number of aliphatic hydroxyl groups is 8. The molecule has 0 aromatic rings. The first kappa shape index (κ1) is 34.8. The van der Waals surface area contributed by atoms with Gasteiger partial charge < -0.3 is 88.6 Å². The zero-order valence-electron chi connectivity index (χ0n) is 23.0. The van der Waals surface area contributed by atoms with Crippen LogP contribution >= 0.6 is 0 Å². The Morgan fingerprint density at radius 1 is 0.829 bits per heavy atom. The molecule has 2 saturated heterocycles. The molecule has 0 aromatic carbocycles. The van der Waals surface area contributed by atoms with E-state index >= 15 is 0 Å². The van der Waals surface area contributed by atoms with Gasteiger partial charge in [-0.1, -0.05) is 0 Å². The molecule has 0 bridgehead atoms. The number of aliphatic hydroxyl groups excluding tert-OH is 8. The van der Waals surface area contributed by atoms with Gasteiger partial charge >= 0.3 is 0 Å². The zero-order valence-corrected chi connectivity index (χ0v) is 23.0. The highest BCUT2D eigenvalue weighted by atomic mass is 16.7. The topological polar surface area (TPSA) is 318 Å². The van der Waals surface area contributed by atoms with E-state index < -0.39 is 117 Å². The van der Waals surface area contributed by atoms with Crippen LogP contribution in [0, 0.1) is 5.92 Å². The van der Waals surface area contributed by atoms with Crippen LogP contribution < -0.4 is 33.6 Å². The Labute approximate surface area is 238 Å². The summed E-state index contributed by atoms with van der Waals surface area (Å²) in [5.41, 5.74) is 24.6. The van der Waals surface area contributed by atoms with E-state index in [9.17, 15) is 35.7 Å². The second-order valence-electron chi connectivity index (χ2n) is 11.4. The van der Waals surface area contributed by atoms with Crippen LogP contribution in [-0.4, -0.2) is 172 Å². The van der Waals surface area contributed by atoms with E-state index in [4.69, 9.17) is 42.3 Å². The van der Waals surface area contributed by atoms with Crippen LogP contribution in [0.5, 0.6) is 0 Å². The summed E-state index contributed by atoms with van der Waals surface area (Å²) in [7, 11) is 0. The van der Waals surface area contributed by atoms with Crippen LogP contribution in [0.1, 0.15) is 12.8 Å². The number of ether oxygens (including phenoxy) is 3. The third kappa shape index (κ3) is 8.28. The number of rotatable bonds is 13. The van der Waals surface area contributed by atoms with Gasteiger partial charge in [-0.2, -0.15) is 0 Å². The van der Waals surface area contributed by atoms with Crippen molar-refractivity contribution in [3.8, 4) is 0 Å². The first-order chi connectivity index (χ1) is 19.5. The van der Waals surface area contributed by atoms with Crippen LogP contribution in [0.15, 0.2) is 0 Å². The lowest BCUT2D eigenvalue weighted by molar-refractivity contribution is -0.307. The Kier molecular flexibility index (Phi) is 13.5. The highest BCUT2D eigenvalue weighted by Gasteiger charge is 2.53. The Morgan fingerprint density at radius 2 is 1.51 bits per heavy atom. The van der Waals surface area contributed by atoms with Crippen molar-refractivity contribution in [3.63, 3.8) is 0 Å². The summed E-state index contributed by atoms with van der Waals surface area (Å²) >= 11 is 0. The van der Waals surface area contributed by atoms with Crippen molar-refractivity contribution in [2.24, 2.45) is 28.9 Å². The van der Waals surface area contributed by atoms with Crippen molar-refractivity contribution in [1.82, 2.24) is 10.6 Å². The predicted molar refractivity (Wildman–Crippen MR) is 143 cm³/mol. The number of nitrogens with one attached hydrogen (secondary N) is 2. The maximum atomic E-state index is 11.7. The molecular formula is C24H50N6O11. The van der Waals surface area contributed by atoms with Crippen LogP contribution in [0.2, 0.25) is 0 Å². The maximum Gasteiger partial charge on any atom is 0.186 e. The second kappa shape index (κ2) is 15.9. The van der Waals surface area contributed by atoms with Crippen LogP contribution in [0.4, 0.5) is 0 Å². The minimum Gasteiger partial charge on any atom is -0.395 e. The van der Waals surface area contributed by atoms with Crippen LogP contribution in [0.3, 0.4) is 0 Å².